The van der Waals surface area contributed by atoms with Gasteiger partial charge in [0.2, 0.25) is 0 Å². The first-order valence-electron chi connectivity index (χ1n) is 8.68. The van der Waals surface area contributed by atoms with E-state index in [1.165, 1.54) is 0 Å². The molecule has 1 aromatic carbocycles. The van der Waals surface area contributed by atoms with E-state index in [-0.39, 0.29) is 17.5 Å². The third-order valence-electron chi connectivity index (χ3n) is 4.75. The molecule has 132 valence electrons. The van der Waals surface area contributed by atoms with Crippen LogP contribution >= 0.6 is 0 Å². The number of fused-ring (bicyclic) bond motifs is 1. The first-order chi connectivity index (χ1) is 11.9. The lowest BCUT2D eigenvalue weighted by atomic mass is 9.91. The lowest BCUT2D eigenvalue weighted by Crippen LogP contribution is -2.44. The van der Waals surface area contributed by atoms with E-state index in [2.05, 4.69) is 41.6 Å². The molecule has 5 heteroatoms. The third kappa shape index (κ3) is 3.51. The average molecular weight is 338 g/mol. The molecule has 2 N–H and O–H groups in total. The number of rotatable bonds is 4. The summed E-state index contributed by atoms with van der Waals surface area (Å²) in [5.41, 5.74) is 3.91. The monoisotopic (exact) mass is 338 g/mol. The van der Waals surface area contributed by atoms with Crippen LogP contribution in [0.2, 0.25) is 0 Å². The van der Waals surface area contributed by atoms with Crippen molar-refractivity contribution in [2.45, 2.75) is 32.2 Å². The summed E-state index contributed by atoms with van der Waals surface area (Å²) in [6.07, 6.45) is 0. The number of benzene rings is 1. The van der Waals surface area contributed by atoms with E-state index in [4.69, 9.17) is 0 Å². The van der Waals surface area contributed by atoms with Crippen molar-refractivity contribution in [1.29, 1.82) is 0 Å². The second-order valence-corrected chi connectivity index (χ2v) is 7.23. The van der Waals surface area contributed by atoms with Crippen molar-refractivity contribution in [2.24, 2.45) is 0 Å². The number of likely N-dealkylation sites (N-methyl/N-ethyl adjacent to an activating group) is 1. The van der Waals surface area contributed by atoms with Gasteiger partial charge in [0.05, 0.1) is 11.4 Å². The minimum atomic E-state index is -0.138. The normalized spacial score (nSPS) is 16.4. The molecule has 0 aliphatic carbocycles. The molecule has 1 atom stereocenters. The Morgan fingerprint density at radius 1 is 1.24 bits per heavy atom. The third-order valence-corrected chi connectivity index (χ3v) is 4.75. The molecule has 0 bridgehead atoms. The maximum atomic E-state index is 12.8. The van der Waals surface area contributed by atoms with E-state index in [0.29, 0.717) is 13.1 Å². The number of urea groups is 1. The summed E-state index contributed by atoms with van der Waals surface area (Å²) in [6.45, 7) is 7.42. The van der Waals surface area contributed by atoms with Crippen molar-refractivity contribution in [2.75, 3.05) is 25.0 Å². The second kappa shape index (κ2) is 6.84. The molecule has 2 heterocycles. The van der Waals surface area contributed by atoms with Crippen molar-refractivity contribution in [3.05, 3.63) is 59.4 Å². The van der Waals surface area contributed by atoms with Crippen LogP contribution in [0, 0.1) is 6.92 Å². The predicted octanol–water partition coefficient (Wildman–Crippen LogP) is 3.16. The zero-order valence-corrected chi connectivity index (χ0v) is 15.3. The number of pyridine rings is 1. The van der Waals surface area contributed by atoms with E-state index < -0.39 is 0 Å². The molecule has 2 aromatic rings. The van der Waals surface area contributed by atoms with E-state index >= 15 is 0 Å². The number of aryl methyl sites for hydroxylation is 1. The van der Waals surface area contributed by atoms with Crippen LogP contribution in [0.25, 0.3) is 0 Å². The van der Waals surface area contributed by atoms with Crippen molar-refractivity contribution < 1.29 is 4.79 Å². The zero-order valence-electron chi connectivity index (χ0n) is 15.3. The molecule has 2 amide bonds. The van der Waals surface area contributed by atoms with Gasteiger partial charge in [-0.2, -0.15) is 0 Å². The molecular weight excluding hydrogens is 312 g/mol. The lowest BCUT2D eigenvalue weighted by Gasteiger charge is -2.23. The number of anilines is 1. The molecule has 0 spiro atoms. The number of nitrogens with zero attached hydrogens (tertiary/aromatic N) is 2. The lowest BCUT2D eigenvalue weighted by molar-refractivity contribution is 0.244. The minimum absolute atomic E-state index is 0.0753. The van der Waals surface area contributed by atoms with Crippen molar-refractivity contribution >= 4 is 11.7 Å². The van der Waals surface area contributed by atoms with Crippen LogP contribution in [0.4, 0.5) is 10.5 Å². The van der Waals surface area contributed by atoms with Gasteiger partial charge in [-0.05, 0) is 31.7 Å². The maximum Gasteiger partial charge on any atom is 0.322 e. The van der Waals surface area contributed by atoms with E-state index in [0.717, 1.165) is 22.6 Å². The summed E-state index contributed by atoms with van der Waals surface area (Å²) < 4.78 is 0. The fraction of sp³-hybridized carbons (Fsp3) is 0.400. The summed E-state index contributed by atoms with van der Waals surface area (Å²) in [4.78, 5) is 19.3. The number of amides is 2. The number of aromatic nitrogens is 1. The van der Waals surface area contributed by atoms with Crippen LogP contribution in [-0.2, 0) is 5.41 Å². The highest BCUT2D eigenvalue weighted by atomic mass is 16.2. The van der Waals surface area contributed by atoms with Crippen LogP contribution in [0.5, 0.6) is 0 Å². The smallest absolute Gasteiger partial charge is 0.322 e. The second-order valence-electron chi connectivity index (χ2n) is 7.23. The van der Waals surface area contributed by atoms with E-state index in [9.17, 15) is 4.79 Å². The van der Waals surface area contributed by atoms with Gasteiger partial charge in [0.1, 0.15) is 0 Å². The first-order valence-corrected chi connectivity index (χ1v) is 8.68. The SMILES string of the molecule is CN[C@H](CNC(=O)N1CC(C)(C)c2nc(C)ccc21)c1ccccc1. The summed E-state index contributed by atoms with van der Waals surface area (Å²) in [7, 11) is 1.91. The van der Waals surface area contributed by atoms with Gasteiger partial charge >= 0.3 is 6.03 Å². The van der Waals surface area contributed by atoms with E-state index in [1.807, 2.05) is 44.3 Å². The maximum absolute atomic E-state index is 12.8. The first kappa shape index (κ1) is 17.4. The molecule has 0 fully saturated rings. The molecular formula is C20H26N4O. The molecule has 5 nitrogen and oxygen atoms in total. The number of hydrogen-bond donors (Lipinski definition) is 2. The van der Waals surface area contributed by atoms with Gasteiger partial charge in [-0.3, -0.25) is 9.88 Å². The topological polar surface area (TPSA) is 57.3 Å². The van der Waals surface area contributed by atoms with Gasteiger partial charge in [-0.1, -0.05) is 44.2 Å². The number of carbonyl (C=O) groups is 1. The van der Waals surface area contributed by atoms with Gasteiger partial charge in [-0.25, -0.2) is 4.79 Å². The minimum Gasteiger partial charge on any atom is -0.336 e. The molecule has 0 radical (unpaired) electrons. The molecule has 0 saturated carbocycles. The fourth-order valence-electron chi connectivity index (χ4n) is 3.36. The van der Waals surface area contributed by atoms with Crippen molar-refractivity contribution in [3.8, 4) is 0 Å². The highest BCUT2D eigenvalue weighted by Gasteiger charge is 2.39. The number of carbonyl (C=O) groups excluding carboxylic acids is 1. The van der Waals surface area contributed by atoms with Crippen LogP contribution < -0.4 is 15.5 Å². The summed E-state index contributed by atoms with van der Waals surface area (Å²) >= 11 is 0. The predicted molar refractivity (Wildman–Crippen MR) is 101 cm³/mol. The van der Waals surface area contributed by atoms with Crippen LogP contribution in [0.3, 0.4) is 0 Å². The standard InChI is InChI=1S/C20H26N4O/c1-14-10-11-17-18(23-14)20(2,3)13-24(17)19(25)22-12-16(21-4)15-8-6-5-7-9-15/h5-11,16,21H,12-13H2,1-4H3,(H,22,25)/t16-/m1/s1. The van der Waals surface area contributed by atoms with E-state index in [1.54, 1.807) is 4.90 Å². The summed E-state index contributed by atoms with van der Waals surface area (Å²) in [5.74, 6) is 0. The molecule has 1 aliphatic rings. The quantitative estimate of drug-likeness (QED) is 0.900. The average Bonchev–Trinajstić information content (AvgIpc) is 2.87. The fourth-order valence-corrected chi connectivity index (χ4v) is 3.36. The van der Waals surface area contributed by atoms with Crippen molar-refractivity contribution in [1.82, 2.24) is 15.6 Å². The molecule has 25 heavy (non-hydrogen) atoms. The Hall–Kier alpha value is -2.40. The molecule has 1 aromatic heterocycles. The van der Waals surface area contributed by atoms with Gasteiger partial charge in [0.25, 0.3) is 0 Å². The largest absolute Gasteiger partial charge is 0.336 e. The Morgan fingerprint density at radius 2 is 1.96 bits per heavy atom. The summed E-state index contributed by atoms with van der Waals surface area (Å²) in [5, 5.41) is 6.33. The zero-order chi connectivity index (χ0) is 18.0. The van der Waals surface area contributed by atoms with Gasteiger partial charge < -0.3 is 10.6 Å². The van der Waals surface area contributed by atoms with Gasteiger partial charge in [0.15, 0.2) is 0 Å². The van der Waals surface area contributed by atoms with Gasteiger partial charge in [0, 0.05) is 30.2 Å². The Balaban J connectivity index is 1.72. The molecule has 0 saturated heterocycles. The number of hydrogen-bond acceptors (Lipinski definition) is 3. The van der Waals surface area contributed by atoms with Crippen LogP contribution in [-0.4, -0.2) is 31.2 Å². The highest BCUT2D eigenvalue weighted by molar-refractivity contribution is 5.94. The molecule has 0 unspecified atom stereocenters. The van der Waals surface area contributed by atoms with Crippen molar-refractivity contribution in [3.63, 3.8) is 0 Å². The Morgan fingerprint density at radius 3 is 2.64 bits per heavy atom. The molecule has 3 rings (SSSR count). The number of nitrogens with one attached hydrogen (secondary N) is 2. The summed E-state index contributed by atoms with van der Waals surface area (Å²) in [6, 6.07) is 14.1. The van der Waals surface area contributed by atoms with Crippen LogP contribution in [0.1, 0.15) is 36.8 Å². The Labute approximate surface area is 149 Å². The van der Waals surface area contributed by atoms with Crippen LogP contribution in [0.15, 0.2) is 42.5 Å². The Bertz CT molecular complexity index is 758. The highest BCUT2D eigenvalue weighted by Crippen LogP contribution is 2.39. The Kier molecular flexibility index (Phi) is 4.77. The van der Waals surface area contributed by atoms with Gasteiger partial charge in [-0.15, -0.1) is 0 Å². The molecule has 1 aliphatic heterocycles.